The summed E-state index contributed by atoms with van der Waals surface area (Å²) in [6.45, 7) is 8.48. The van der Waals surface area contributed by atoms with Gasteiger partial charge in [-0.15, -0.1) is 0 Å². The van der Waals surface area contributed by atoms with Crippen LogP contribution in [0.25, 0.3) is 0 Å². The van der Waals surface area contributed by atoms with Crippen LogP contribution < -0.4 is 10.6 Å². The lowest BCUT2D eigenvalue weighted by molar-refractivity contribution is 0.0869. The van der Waals surface area contributed by atoms with Gasteiger partial charge in [-0.05, 0) is 52.7 Å². The van der Waals surface area contributed by atoms with Crippen LogP contribution in [0.15, 0.2) is 24.3 Å². The molecule has 20 heavy (non-hydrogen) atoms. The molecule has 1 heterocycles. The Labute approximate surface area is 120 Å². The summed E-state index contributed by atoms with van der Waals surface area (Å²) in [6, 6.07) is 6.14. The van der Waals surface area contributed by atoms with Crippen molar-refractivity contribution < 1.29 is 9.18 Å². The Kier molecular flexibility index (Phi) is 3.87. The summed E-state index contributed by atoms with van der Waals surface area (Å²) in [5, 5.41) is 6.53. The van der Waals surface area contributed by atoms with Crippen molar-refractivity contribution in [3.63, 3.8) is 0 Å². The van der Waals surface area contributed by atoms with E-state index in [9.17, 15) is 9.18 Å². The summed E-state index contributed by atoms with van der Waals surface area (Å²) in [5.74, 6) is -0.806. The Balaban J connectivity index is 2.10. The number of hydrogen-bond acceptors (Lipinski definition) is 2. The summed E-state index contributed by atoms with van der Waals surface area (Å²) in [4.78, 5) is 12.2. The highest BCUT2D eigenvalue weighted by Gasteiger charge is 2.38. The lowest BCUT2D eigenvalue weighted by Gasteiger charge is -2.46. The number of halogens is 1. The van der Waals surface area contributed by atoms with E-state index in [4.69, 9.17) is 0 Å². The minimum atomic E-state index is -0.475. The van der Waals surface area contributed by atoms with Gasteiger partial charge in [0.05, 0.1) is 5.56 Å². The van der Waals surface area contributed by atoms with Gasteiger partial charge in [-0.2, -0.15) is 0 Å². The van der Waals surface area contributed by atoms with Gasteiger partial charge in [-0.3, -0.25) is 4.79 Å². The number of benzene rings is 1. The van der Waals surface area contributed by atoms with Gasteiger partial charge in [0.2, 0.25) is 0 Å². The lowest BCUT2D eigenvalue weighted by Crippen LogP contribution is -2.62. The number of rotatable bonds is 2. The maximum Gasteiger partial charge on any atom is 0.254 e. The zero-order valence-electron chi connectivity index (χ0n) is 12.6. The third-order valence-corrected chi connectivity index (χ3v) is 3.64. The predicted molar refractivity (Wildman–Crippen MR) is 78.2 cm³/mol. The molecule has 1 aliphatic heterocycles. The highest BCUT2D eigenvalue weighted by Crippen LogP contribution is 2.28. The molecule has 0 spiro atoms. The second-order valence-corrected chi connectivity index (χ2v) is 6.95. The van der Waals surface area contributed by atoms with Crippen LogP contribution in [-0.4, -0.2) is 23.0 Å². The maximum atomic E-state index is 13.6. The molecule has 1 aliphatic rings. The van der Waals surface area contributed by atoms with E-state index < -0.39 is 5.82 Å². The van der Waals surface area contributed by atoms with Crippen molar-refractivity contribution in [2.75, 3.05) is 0 Å². The molecule has 0 saturated carbocycles. The number of amides is 1. The van der Waals surface area contributed by atoms with Gasteiger partial charge < -0.3 is 10.6 Å². The van der Waals surface area contributed by atoms with Crippen molar-refractivity contribution in [2.45, 2.75) is 57.7 Å². The molecule has 1 fully saturated rings. The molecular formula is C16H23FN2O. The third kappa shape index (κ3) is 3.57. The molecule has 0 bridgehead atoms. The van der Waals surface area contributed by atoms with E-state index in [1.54, 1.807) is 12.1 Å². The smallest absolute Gasteiger partial charge is 0.254 e. The van der Waals surface area contributed by atoms with Gasteiger partial charge in [0.25, 0.3) is 5.91 Å². The molecule has 1 aromatic rings. The first kappa shape index (κ1) is 15.0. The number of carbonyl (C=O) groups is 1. The average molecular weight is 278 g/mol. The largest absolute Gasteiger partial charge is 0.349 e. The zero-order valence-corrected chi connectivity index (χ0v) is 12.6. The molecular weight excluding hydrogens is 255 g/mol. The summed E-state index contributed by atoms with van der Waals surface area (Å²) in [6.07, 6.45) is 1.66. The number of hydrogen-bond donors (Lipinski definition) is 2. The summed E-state index contributed by atoms with van der Waals surface area (Å²) in [5.41, 5.74) is 0.0192. The minimum absolute atomic E-state index is 0.0467. The van der Waals surface area contributed by atoms with E-state index in [2.05, 4.69) is 38.3 Å². The van der Waals surface area contributed by atoms with Crippen LogP contribution in [0.5, 0.6) is 0 Å². The topological polar surface area (TPSA) is 41.1 Å². The van der Waals surface area contributed by atoms with Gasteiger partial charge in [-0.1, -0.05) is 12.1 Å². The fourth-order valence-corrected chi connectivity index (χ4v) is 3.33. The first-order valence-corrected chi connectivity index (χ1v) is 7.03. The van der Waals surface area contributed by atoms with Crippen molar-refractivity contribution in [3.8, 4) is 0 Å². The first-order valence-electron chi connectivity index (χ1n) is 7.03. The zero-order chi connectivity index (χ0) is 15.0. The summed E-state index contributed by atoms with van der Waals surface area (Å²) < 4.78 is 13.6. The van der Waals surface area contributed by atoms with E-state index in [0.717, 1.165) is 12.8 Å². The first-order chi connectivity index (χ1) is 9.19. The number of carbonyl (C=O) groups excluding carboxylic acids is 1. The summed E-state index contributed by atoms with van der Waals surface area (Å²) in [7, 11) is 0. The molecule has 1 saturated heterocycles. The van der Waals surface area contributed by atoms with E-state index in [1.807, 2.05) is 0 Å². The molecule has 1 aromatic carbocycles. The Hall–Kier alpha value is -1.42. The molecule has 110 valence electrons. The molecule has 0 atom stereocenters. The fourth-order valence-electron chi connectivity index (χ4n) is 3.33. The van der Waals surface area contributed by atoms with Crippen LogP contribution in [-0.2, 0) is 0 Å². The van der Waals surface area contributed by atoms with Gasteiger partial charge in [0, 0.05) is 17.1 Å². The minimum Gasteiger partial charge on any atom is -0.349 e. The van der Waals surface area contributed by atoms with Crippen molar-refractivity contribution in [2.24, 2.45) is 0 Å². The standard InChI is InChI=1S/C16H23FN2O/c1-15(2)9-11(10-16(3,4)19-15)18-14(20)12-7-5-6-8-13(12)17/h5-8,11,19H,9-10H2,1-4H3,(H,18,20). The average Bonchev–Trinajstić information content (AvgIpc) is 2.24. The predicted octanol–water partition coefficient (Wildman–Crippen LogP) is 2.86. The van der Waals surface area contributed by atoms with Crippen molar-refractivity contribution >= 4 is 5.91 Å². The fraction of sp³-hybridized carbons (Fsp3) is 0.562. The maximum absolute atomic E-state index is 13.6. The monoisotopic (exact) mass is 278 g/mol. The lowest BCUT2D eigenvalue weighted by atomic mass is 9.79. The van der Waals surface area contributed by atoms with E-state index in [0.29, 0.717) is 0 Å². The van der Waals surface area contributed by atoms with E-state index >= 15 is 0 Å². The summed E-state index contributed by atoms with van der Waals surface area (Å²) >= 11 is 0. The van der Waals surface area contributed by atoms with Crippen LogP contribution in [0.4, 0.5) is 4.39 Å². The molecule has 0 aliphatic carbocycles. The Bertz CT molecular complexity index is 495. The van der Waals surface area contributed by atoms with Crippen LogP contribution in [0, 0.1) is 5.82 Å². The van der Waals surface area contributed by atoms with Gasteiger partial charge >= 0.3 is 0 Å². The third-order valence-electron chi connectivity index (χ3n) is 3.64. The molecule has 4 heteroatoms. The molecule has 3 nitrogen and oxygen atoms in total. The van der Waals surface area contributed by atoms with Crippen molar-refractivity contribution in [3.05, 3.63) is 35.6 Å². The van der Waals surface area contributed by atoms with E-state index in [-0.39, 0.29) is 28.6 Å². The Morgan fingerprint density at radius 2 is 1.75 bits per heavy atom. The van der Waals surface area contributed by atoms with Gasteiger partial charge in [0.15, 0.2) is 0 Å². The normalized spacial score (nSPS) is 21.4. The van der Waals surface area contributed by atoms with Crippen LogP contribution >= 0.6 is 0 Å². The van der Waals surface area contributed by atoms with Crippen molar-refractivity contribution in [1.82, 2.24) is 10.6 Å². The Morgan fingerprint density at radius 3 is 2.30 bits per heavy atom. The SMILES string of the molecule is CC1(C)CC(NC(=O)c2ccccc2F)CC(C)(C)N1. The molecule has 0 radical (unpaired) electrons. The molecule has 2 N–H and O–H groups in total. The number of piperidine rings is 1. The quantitative estimate of drug-likeness (QED) is 0.873. The molecule has 0 aromatic heterocycles. The highest BCUT2D eigenvalue weighted by atomic mass is 19.1. The van der Waals surface area contributed by atoms with Crippen molar-refractivity contribution in [1.29, 1.82) is 0 Å². The molecule has 0 unspecified atom stereocenters. The Morgan fingerprint density at radius 1 is 1.20 bits per heavy atom. The van der Waals surface area contributed by atoms with Gasteiger partial charge in [0.1, 0.15) is 5.82 Å². The second-order valence-electron chi connectivity index (χ2n) is 6.95. The van der Waals surface area contributed by atoms with Crippen LogP contribution in [0.1, 0.15) is 50.9 Å². The van der Waals surface area contributed by atoms with Crippen LogP contribution in [0.2, 0.25) is 0 Å². The van der Waals surface area contributed by atoms with Crippen LogP contribution in [0.3, 0.4) is 0 Å². The van der Waals surface area contributed by atoms with E-state index in [1.165, 1.54) is 12.1 Å². The highest BCUT2D eigenvalue weighted by molar-refractivity contribution is 5.94. The molecule has 2 rings (SSSR count). The molecule has 1 amide bonds. The number of nitrogens with one attached hydrogen (secondary N) is 2. The van der Waals surface area contributed by atoms with Gasteiger partial charge in [-0.25, -0.2) is 4.39 Å². The second kappa shape index (κ2) is 5.17.